The van der Waals surface area contributed by atoms with E-state index >= 15 is 0 Å². The molecule has 0 spiro atoms. The molecule has 141 heavy (non-hydrogen) atoms. The summed E-state index contributed by atoms with van der Waals surface area (Å²) in [5, 5.41) is 20.2. The van der Waals surface area contributed by atoms with Crippen molar-refractivity contribution in [2.45, 2.75) is 230 Å². The highest BCUT2D eigenvalue weighted by Crippen LogP contribution is 2.45. The van der Waals surface area contributed by atoms with Crippen molar-refractivity contribution in [3.05, 3.63) is 246 Å². The molecule has 5 aliphatic carbocycles. The number of alkyl halides is 3. The van der Waals surface area contributed by atoms with Gasteiger partial charge in [-0.15, -0.1) is 91.5 Å². The van der Waals surface area contributed by atoms with E-state index in [-0.39, 0.29) is 43.2 Å². The van der Waals surface area contributed by atoms with Crippen LogP contribution < -0.4 is 40.1 Å². The standard InChI is InChI=1S/C29H35N3O3S.C24H25ClN2O3S.C21H29N3OS.C19H22ClNO3S.C17H18ClNO3S/c1-21-8-6-17-32(21)18-7-19-34-24-15-13-23(14-16-24)28-31-27-25(11-5-12-26(27)36-28)30-29(33)35-20-22-9-3-2-4-10-22;25-14-5-15-29-19-12-10-18(11-13-19)23-27-22-20(8-4-9-21(22)31-23)26-24(28)30-16-17-6-2-1-3-7-17;1-15-5-3-12-24(15)13-4-14-25-17-10-8-16(9-11-17)21-23-20-18(22)6-2-7-19(20)26-21;1-2-23-19(22)15-5-3-6-16-17(15)21-18(25-16)13-7-9-14(10-8-13)24-12-4-11-20;18-9-2-10-22-12-7-5-11(6-8-12)16-19-15-13(17(20)21)3-1-4-14(15)23-16/h2-4,9-10,13-16,21,25H,5-8,11-12,17-20H2,1H3,(H,30,33);1-3,6-7,10-13,20H,4-5,8-9,14-16H2,(H,26,28);8-11,15,18H,2-7,12-14,22H2,1H3;7-10,15H,2-6,11-12H2,1H3;5-8,13H,1-4,9-10H2,(H,20,21). The first-order valence-corrected chi connectivity index (χ1v) is 55.6. The lowest BCUT2D eigenvalue weighted by atomic mass is 9.91. The molecule has 2 aliphatic heterocycles. The van der Waals surface area contributed by atoms with Crippen molar-refractivity contribution in [3.8, 4) is 81.6 Å². The number of nitrogens with one attached hydrogen (secondary N) is 2. The minimum atomic E-state index is -0.772. The number of carbonyl (C=O) groups is 4. The minimum Gasteiger partial charge on any atom is -0.494 e. The molecule has 748 valence electrons. The number of likely N-dealkylation sites (tertiary alicyclic amines) is 2. The maximum atomic E-state index is 12.4. The zero-order valence-corrected chi connectivity index (χ0v) is 87.0. The lowest BCUT2D eigenvalue weighted by Crippen LogP contribution is -2.31. The third kappa shape index (κ3) is 30.5. The number of alkyl carbamates (subject to hydrolysis) is 2. The van der Waals surface area contributed by atoms with E-state index in [1.807, 2.05) is 153 Å². The van der Waals surface area contributed by atoms with Crippen LogP contribution in [0.25, 0.3) is 52.9 Å². The van der Waals surface area contributed by atoms with Gasteiger partial charge >= 0.3 is 24.1 Å². The number of carboxylic acid groups (broad SMARTS) is 1. The molecule has 0 saturated carbocycles. The molecule has 19 rings (SSSR count). The summed E-state index contributed by atoms with van der Waals surface area (Å²) in [6, 6.07) is 61.0. The van der Waals surface area contributed by atoms with Gasteiger partial charge in [0.1, 0.15) is 72.9 Å². The van der Waals surface area contributed by atoms with Gasteiger partial charge in [-0.2, -0.15) is 0 Å². The fourth-order valence-corrected chi connectivity index (χ4v) is 24.5. The number of carbonyl (C=O) groups excluding carboxylic acids is 3. The van der Waals surface area contributed by atoms with Gasteiger partial charge in [0.15, 0.2) is 0 Å². The van der Waals surface area contributed by atoms with E-state index in [1.54, 1.807) is 56.7 Å². The Bertz CT molecular complexity index is 5900. The normalized spacial score (nSPS) is 18.2. The van der Waals surface area contributed by atoms with Crippen molar-refractivity contribution < 1.29 is 62.2 Å². The first-order chi connectivity index (χ1) is 69.0. The average molecular weight is 2070 g/mol. The number of aliphatic carboxylic acids is 1. The number of thiazole rings is 5. The Morgan fingerprint density at radius 2 is 0.681 bits per heavy atom. The van der Waals surface area contributed by atoms with Gasteiger partial charge in [-0.05, 0) is 320 Å². The van der Waals surface area contributed by atoms with E-state index in [4.69, 9.17) is 98.4 Å². The van der Waals surface area contributed by atoms with Crippen LogP contribution in [0, 0.1) is 0 Å². The zero-order chi connectivity index (χ0) is 98.0. The molecule has 2 fully saturated rings. The number of ether oxygens (including phenoxy) is 8. The number of nitrogens with zero attached hydrogens (tertiary/aromatic N) is 7. The summed E-state index contributed by atoms with van der Waals surface area (Å²) in [5.41, 5.74) is 18.2. The summed E-state index contributed by atoms with van der Waals surface area (Å²) in [4.78, 5) is 83.6. The van der Waals surface area contributed by atoms with Gasteiger partial charge in [0.2, 0.25) is 0 Å². The molecule has 7 aliphatic rings. The van der Waals surface area contributed by atoms with E-state index in [0.29, 0.717) is 56.5 Å². The predicted octanol–water partition coefficient (Wildman–Crippen LogP) is 26.0. The Hall–Kier alpha value is -10.1. The molecule has 7 aromatic carbocycles. The largest absolute Gasteiger partial charge is 0.494 e. The Labute approximate surface area is 863 Å². The van der Waals surface area contributed by atoms with Crippen LogP contribution in [-0.2, 0) is 69.1 Å². The number of hydrogen-bond acceptors (Lipinski definition) is 25. The molecular formula is C110H129Cl3N10O13S5. The number of nitrogens with two attached hydrogens (primary N) is 1. The number of carboxylic acids is 1. The summed E-state index contributed by atoms with van der Waals surface area (Å²) >= 11 is 25.5. The minimum absolute atomic E-state index is 0.108. The molecular weight excluding hydrogens is 1940 g/mol. The molecule has 31 heteroatoms. The monoisotopic (exact) mass is 2060 g/mol. The van der Waals surface area contributed by atoms with Crippen molar-refractivity contribution in [1.82, 2.24) is 45.4 Å². The number of aryl methyl sites for hydroxylation is 5. The van der Waals surface area contributed by atoms with Crippen LogP contribution in [0.15, 0.2) is 182 Å². The number of esters is 1. The van der Waals surface area contributed by atoms with Crippen LogP contribution in [0.5, 0.6) is 28.7 Å². The summed E-state index contributed by atoms with van der Waals surface area (Å²) in [6.45, 7) is 15.5. The quantitative estimate of drug-likeness (QED) is 0.0123. The van der Waals surface area contributed by atoms with E-state index in [2.05, 4.69) is 75.7 Å². The van der Waals surface area contributed by atoms with Crippen molar-refractivity contribution in [3.63, 3.8) is 0 Å². The van der Waals surface area contributed by atoms with Gasteiger partial charge in [0.25, 0.3) is 0 Å². The number of halogens is 3. The Morgan fingerprint density at radius 1 is 0.376 bits per heavy atom. The fourth-order valence-electron chi connectivity index (χ4n) is 18.3. The Morgan fingerprint density at radius 3 is 1.01 bits per heavy atom. The van der Waals surface area contributed by atoms with Gasteiger partial charge in [-0.3, -0.25) is 9.59 Å². The van der Waals surface area contributed by atoms with Crippen LogP contribution in [0.1, 0.15) is 237 Å². The maximum Gasteiger partial charge on any atom is 0.408 e. The summed E-state index contributed by atoms with van der Waals surface area (Å²) in [6.07, 6.45) is 23.6. The maximum absolute atomic E-state index is 12.4. The topological polar surface area (TPSA) is 283 Å². The Balaban J connectivity index is 0.000000134. The molecule has 5 aromatic heterocycles. The average Bonchev–Trinajstić information content (AvgIpc) is 1.64. The molecule has 0 bridgehead atoms. The highest BCUT2D eigenvalue weighted by molar-refractivity contribution is 7.16. The van der Waals surface area contributed by atoms with Gasteiger partial charge in [-0.1, -0.05) is 60.7 Å². The summed E-state index contributed by atoms with van der Waals surface area (Å²) in [7, 11) is 0. The smallest absolute Gasteiger partial charge is 0.408 e. The van der Waals surface area contributed by atoms with Crippen LogP contribution in [0.2, 0.25) is 0 Å². The third-order valence-corrected chi connectivity index (χ3v) is 32.6. The first kappa shape index (κ1) is 105. The van der Waals surface area contributed by atoms with Gasteiger partial charge in [0, 0.05) is 101 Å². The number of fused-ring (bicyclic) bond motifs is 5. The third-order valence-electron chi connectivity index (χ3n) is 25.9. The van der Waals surface area contributed by atoms with Crippen LogP contribution in [0.3, 0.4) is 0 Å². The lowest BCUT2D eigenvalue weighted by molar-refractivity contribution is -0.145. The Kier molecular flexibility index (Phi) is 40.7. The number of benzene rings is 7. The number of hydrogen-bond donors (Lipinski definition) is 4. The summed E-state index contributed by atoms with van der Waals surface area (Å²) in [5.74, 6) is 4.51. The molecule has 2 saturated heterocycles. The molecule has 5 N–H and O–H groups in total. The number of amides is 2. The fraction of sp³-hybridized carbons (Fsp3) is 0.445. The van der Waals surface area contributed by atoms with Crippen molar-refractivity contribution >= 4 is 116 Å². The lowest BCUT2D eigenvalue weighted by Gasteiger charge is -2.22. The zero-order valence-electron chi connectivity index (χ0n) is 80.7. The highest BCUT2D eigenvalue weighted by Gasteiger charge is 2.35. The van der Waals surface area contributed by atoms with E-state index in [1.165, 1.54) is 64.7 Å². The van der Waals surface area contributed by atoms with E-state index in [0.717, 1.165) is 274 Å². The van der Waals surface area contributed by atoms with Crippen molar-refractivity contribution in [1.29, 1.82) is 0 Å². The van der Waals surface area contributed by atoms with E-state index in [9.17, 15) is 24.3 Å². The molecule has 12 aromatic rings. The number of rotatable bonds is 36. The molecule has 0 radical (unpaired) electrons. The van der Waals surface area contributed by atoms with Gasteiger partial charge in [-0.25, -0.2) is 34.5 Å². The highest BCUT2D eigenvalue weighted by atomic mass is 35.5. The molecule has 7 atom stereocenters. The molecule has 2 amide bonds. The second kappa shape index (κ2) is 54.6. The SMILES string of the molecule is CC1CCCN1CCCOc1ccc(-c2nc3c(s2)CCCC3N)cc1.CC1CCCN1CCCOc1ccc(-c2nc3c(s2)CCCC3NC(=O)OCc2ccccc2)cc1.CCOC(=O)C1CCCc2sc(-c3ccc(OCCCCl)cc3)nc21.O=C(NC1CCCc2sc(-c3ccc(OCCCCl)cc3)nc21)OCc1ccccc1.O=C(O)C1CCCc2sc(-c3ccc(OCCCCl)cc3)nc21. The second-order valence-corrected chi connectivity index (χ2v) is 42.7. The van der Waals surface area contributed by atoms with Crippen molar-refractivity contribution in [2.75, 3.05) is 83.5 Å². The predicted molar refractivity (Wildman–Crippen MR) is 567 cm³/mol. The summed E-state index contributed by atoms with van der Waals surface area (Å²) < 4.78 is 44.8. The van der Waals surface area contributed by atoms with Gasteiger partial charge in [0.05, 0.1) is 86.1 Å². The van der Waals surface area contributed by atoms with Crippen molar-refractivity contribution in [2.24, 2.45) is 5.73 Å². The van der Waals surface area contributed by atoms with E-state index < -0.39 is 24.1 Å². The van der Waals surface area contributed by atoms with Gasteiger partial charge < -0.3 is 69.2 Å². The molecule has 23 nitrogen and oxygen atoms in total. The number of aromatic nitrogens is 5. The van der Waals surface area contributed by atoms with Crippen LogP contribution in [0.4, 0.5) is 9.59 Å². The second-order valence-electron chi connectivity index (χ2n) is 36.2. The van der Waals surface area contributed by atoms with Crippen LogP contribution >= 0.6 is 91.5 Å². The molecule has 7 heterocycles. The van der Waals surface area contributed by atoms with Crippen LogP contribution in [-0.4, -0.2) is 159 Å². The first-order valence-electron chi connectivity index (χ1n) is 49.9. The molecule has 7 unspecified atom stereocenters.